The third-order valence-electron chi connectivity index (χ3n) is 7.13. The van der Waals surface area contributed by atoms with Crippen LogP contribution in [0.1, 0.15) is 35.6 Å². The molecule has 2 aliphatic rings. The van der Waals surface area contributed by atoms with E-state index in [1.807, 2.05) is 6.92 Å². The van der Waals surface area contributed by atoms with Gasteiger partial charge < -0.3 is 14.6 Å². The van der Waals surface area contributed by atoms with Gasteiger partial charge in [-0.1, -0.05) is 46.0 Å². The highest BCUT2D eigenvalue weighted by Gasteiger charge is 2.34. The predicted octanol–water partition coefficient (Wildman–Crippen LogP) is 7.55. The fourth-order valence-corrected chi connectivity index (χ4v) is 6.68. The number of nitrogens with zero attached hydrogens (tertiary/aromatic N) is 1. The lowest BCUT2D eigenvalue weighted by atomic mass is 10.0. The number of hydrogen-bond acceptors (Lipinski definition) is 7. The van der Waals surface area contributed by atoms with Crippen LogP contribution in [0.15, 0.2) is 57.9 Å². The lowest BCUT2D eigenvalue weighted by molar-refractivity contribution is 0.149. The summed E-state index contributed by atoms with van der Waals surface area (Å²) in [4.78, 5) is 0.0621. The van der Waals surface area contributed by atoms with E-state index in [-0.39, 0.29) is 33.6 Å². The van der Waals surface area contributed by atoms with Crippen molar-refractivity contribution in [1.29, 1.82) is 0 Å². The van der Waals surface area contributed by atoms with E-state index in [4.69, 9.17) is 48.2 Å². The number of aryl methyl sites for hydroxylation is 1. The molecule has 2 fully saturated rings. The van der Waals surface area contributed by atoms with Crippen molar-refractivity contribution >= 4 is 44.9 Å². The minimum Gasteiger partial charge on any atom is -0.489 e. The van der Waals surface area contributed by atoms with Crippen molar-refractivity contribution in [2.75, 3.05) is 13.1 Å². The molecule has 0 spiro atoms. The number of nitrogens with one attached hydrogen (secondary N) is 1. The van der Waals surface area contributed by atoms with Crippen LogP contribution >= 0.6 is 34.8 Å². The molecule has 12 heteroatoms. The van der Waals surface area contributed by atoms with Gasteiger partial charge >= 0.3 is 0 Å². The van der Waals surface area contributed by atoms with Crippen LogP contribution in [0.4, 0.5) is 4.39 Å². The first-order chi connectivity index (χ1) is 19.6. The summed E-state index contributed by atoms with van der Waals surface area (Å²) < 4.78 is 56.5. The first kappa shape index (κ1) is 28.5. The number of hydrogen-bond donors (Lipinski definition) is 1. The second-order valence-electron chi connectivity index (χ2n) is 10.1. The Hall–Kier alpha value is -2.66. The van der Waals surface area contributed by atoms with Crippen molar-refractivity contribution < 1.29 is 26.3 Å². The molecule has 2 heterocycles. The largest absolute Gasteiger partial charge is 0.489 e. The monoisotopic (exact) mass is 636 g/mol. The van der Waals surface area contributed by atoms with Crippen LogP contribution in [0.25, 0.3) is 22.4 Å². The van der Waals surface area contributed by atoms with E-state index in [0.29, 0.717) is 57.6 Å². The fraction of sp³-hybridized carbons (Fsp3) is 0.276. The molecule has 1 aliphatic carbocycles. The molecule has 41 heavy (non-hydrogen) atoms. The number of aromatic nitrogens is 1. The number of ether oxygens (including phenoxy) is 1. The third kappa shape index (κ3) is 5.84. The van der Waals surface area contributed by atoms with Crippen LogP contribution in [0.5, 0.6) is 5.75 Å². The SMILES string of the molecule is Cc1ccc(S(=O)(=O)OC2CNC2)cc1-c1ccc(OCc2c(-c3c(Cl)cc(F)cc3Cl)noc2C2CC2)cc1Cl. The first-order valence-electron chi connectivity index (χ1n) is 12.9. The maximum atomic E-state index is 13.8. The second-order valence-corrected chi connectivity index (χ2v) is 12.9. The molecule has 7 nitrogen and oxygen atoms in total. The Kier molecular flexibility index (Phi) is 7.78. The van der Waals surface area contributed by atoms with Gasteiger partial charge in [0.25, 0.3) is 10.1 Å². The molecule has 0 radical (unpaired) electrons. The quantitative estimate of drug-likeness (QED) is 0.190. The van der Waals surface area contributed by atoms with E-state index in [2.05, 4.69) is 10.5 Å². The van der Waals surface area contributed by atoms with Crippen LogP contribution < -0.4 is 10.1 Å². The summed E-state index contributed by atoms with van der Waals surface area (Å²) in [5, 5.41) is 7.82. The Balaban J connectivity index is 1.27. The lowest BCUT2D eigenvalue weighted by Gasteiger charge is -2.26. The van der Waals surface area contributed by atoms with E-state index >= 15 is 0 Å². The van der Waals surface area contributed by atoms with Crippen LogP contribution in [0.3, 0.4) is 0 Å². The highest BCUT2D eigenvalue weighted by molar-refractivity contribution is 7.86. The molecular weight excluding hydrogens is 614 g/mol. The van der Waals surface area contributed by atoms with Crippen LogP contribution in [-0.4, -0.2) is 32.8 Å². The zero-order valence-corrected chi connectivity index (χ0v) is 24.8. The Morgan fingerprint density at radius 2 is 1.73 bits per heavy atom. The Morgan fingerprint density at radius 1 is 1.00 bits per heavy atom. The topological polar surface area (TPSA) is 90.7 Å². The van der Waals surface area contributed by atoms with Crippen molar-refractivity contribution in [1.82, 2.24) is 10.5 Å². The summed E-state index contributed by atoms with van der Waals surface area (Å²) in [5.74, 6) is 0.831. The van der Waals surface area contributed by atoms with Gasteiger partial charge in [0.2, 0.25) is 0 Å². The summed E-state index contributed by atoms with van der Waals surface area (Å²) in [6.07, 6.45) is 1.55. The molecule has 0 unspecified atom stereocenters. The average Bonchev–Trinajstić information content (AvgIpc) is 3.65. The Labute approximate surface area is 251 Å². The van der Waals surface area contributed by atoms with Crippen LogP contribution in [0, 0.1) is 12.7 Å². The van der Waals surface area contributed by atoms with E-state index < -0.39 is 15.9 Å². The van der Waals surface area contributed by atoms with E-state index in [1.165, 1.54) is 18.2 Å². The molecule has 3 aromatic carbocycles. The maximum Gasteiger partial charge on any atom is 0.297 e. The van der Waals surface area contributed by atoms with E-state index in [9.17, 15) is 12.8 Å². The first-order valence-corrected chi connectivity index (χ1v) is 15.5. The number of benzene rings is 3. The van der Waals surface area contributed by atoms with Gasteiger partial charge in [-0.15, -0.1) is 0 Å². The minimum absolute atomic E-state index is 0.0621. The van der Waals surface area contributed by atoms with Gasteiger partial charge in [0.05, 0.1) is 25.5 Å². The van der Waals surface area contributed by atoms with Gasteiger partial charge in [0.15, 0.2) is 0 Å². The summed E-state index contributed by atoms with van der Waals surface area (Å²) in [6, 6.07) is 12.4. The molecule has 1 aromatic heterocycles. The highest BCUT2D eigenvalue weighted by atomic mass is 35.5. The van der Waals surface area contributed by atoms with Gasteiger partial charge in [-0.2, -0.15) is 8.42 Å². The standard InChI is InChI=1S/C29H24Cl3FN2O5S/c1-15-2-6-20(41(36,37)40-19-12-34-13-19)11-22(15)21-7-5-18(10-24(21)30)38-14-23-28(35-39-29(23)16-3-4-16)27-25(31)8-17(33)9-26(27)32/h2,5-11,16,19,34H,3-4,12-14H2,1H3. The van der Waals surface area contributed by atoms with Gasteiger partial charge in [-0.05, 0) is 73.4 Å². The summed E-state index contributed by atoms with van der Waals surface area (Å²) in [7, 11) is -3.93. The minimum atomic E-state index is -3.93. The molecule has 0 bridgehead atoms. The number of halogens is 4. The lowest BCUT2D eigenvalue weighted by Crippen LogP contribution is -2.49. The van der Waals surface area contributed by atoms with Gasteiger partial charge in [-0.25, -0.2) is 4.39 Å². The molecule has 1 N–H and O–H groups in total. The highest BCUT2D eigenvalue weighted by Crippen LogP contribution is 2.46. The molecule has 0 atom stereocenters. The van der Waals surface area contributed by atoms with E-state index in [0.717, 1.165) is 18.4 Å². The van der Waals surface area contributed by atoms with Gasteiger partial charge in [0.1, 0.15) is 35.7 Å². The van der Waals surface area contributed by atoms with Crippen molar-refractivity contribution in [3.05, 3.63) is 86.3 Å². The molecule has 1 saturated carbocycles. The maximum absolute atomic E-state index is 13.8. The molecule has 0 amide bonds. The van der Waals surface area contributed by atoms with Crippen molar-refractivity contribution in [3.8, 4) is 28.1 Å². The van der Waals surface area contributed by atoms with Crippen molar-refractivity contribution in [3.63, 3.8) is 0 Å². The molecule has 4 aromatic rings. The Bertz CT molecular complexity index is 1730. The van der Waals surface area contributed by atoms with Gasteiger partial charge in [0, 0.05) is 30.1 Å². The smallest absolute Gasteiger partial charge is 0.297 e. The van der Waals surface area contributed by atoms with Crippen LogP contribution in [0.2, 0.25) is 15.1 Å². The average molecular weight is 638 g/mol. The fourth-order valence-electron chi connectivity index (χ4n) is 4.66. The molecule has 1 aliphatic heterocycles. The van der Waals surface area contributed by atoms with E-state index in [1.54, 1.807) is 30.3 Å². The van der Waals surface area contributed by atoms with Crippen molar-refractivity contribution in [2.24, 2.45) is 0 Å². The normalized spacial score (nSPS) is 15.6. The molecule has 6 rings (SSSR count). The summed E-state index contributed by atoms with van der Waals surface area (Å²) >= 11 is 19.4. The van der Waals surface area contributed by atoms with Gasteiger partial charge in [-0.3, -0.25) is 4.18 Å². The molecular formula is C29H24Cl3FN2O5S. The predicted molar refractivity (Wildman–Crippen MR) is 155 cm³/mol. The zero-order chi connectivity index (χ0) is 28.9. The van der Waals surface area contributed by atoms with Crippen molar-refractivity contribution in [2.45, 2.75) is 43.3 Å². The molecule has 1 saturated heterocycles. The third-order valence-corrected chi connectivity index (χ3v) is 9.39. The number of rotatable bonds is 9. The Morgan fingerprint density at radius 3 is 2.37 bits per heavy atom. The zero-order valence-electron chi connectivity index (χ0n) is 21.7. The molecule has 214 valence electrons. The summed E-state index contributed by atoms with van der Waals surface area (Å²) in [6.45, 7) is 2.95. The van der Waals surface area contributed by atoms with Crippen LogP contribution in [-0.2, 0) is 20.9 Å². The second kappa shape index (κ2) is 11.2. The summed E-state index contributed by atoms with van der Waals surface area (Å²) in [5.41, 5.74) is 3.61.